The largest absolute Gasteiger partial charge is 0.399 e. The van der Waals surface area contributed by atoms with E-state index in [-0.39, 0.29) is 11.6 Å². The van der Waals surface area contributed by atoms with Crippen molar-refractivity contribution in [3.05, 3.63) is 40.0 Å². The molecular formula is C11H13N3O3. The van der Waals surface area contributed by atoms with E-state index in [2.05, 4.69) is 5.32 Å². The Morgan fingerprint density at radius 1 is 1.59 bits per heavy atom. The van der Waals surface area contributed by atoms with E-state index in [4.69, 9.17) is 5.73 Å². The average molecular weight is 235 g/mol. The molecule has 1 amide bonds. The summed E-state index contributed by atoms with van der Waals surface area (Å²) in [7, 11) is 0. The summed E-state index contributed by atoms with van der Waals surface area (Å²) in [6.07, 6.45) is 3.22. The van der Waals surface area contributed by atoms with Gasteiger partial charge in [0.2, 0.25) is 5.91 Å². The van der Waals surface area contributed by atoms with Crippen molar-refractivity contribution in [2.75, 3.05) is 12.3 Å². The van der Waals surface area contributed by atoms with Crippen LogP contribution in [-0.4, -0.2) is 17.4 Å². The van der Waals surface area contributed by atoms with E-state index >= 15 is 0 Å². The Labute approximate surface area is 98.3 Å². The number of nitrogens with two attached hydrogens (primary N) is 1. The van der Waals surface area contributed by atoms with Crippen molar-refractivity contribution in [1.29, 1.82) is 0 Å². The van der Waals surface area contributed by atoms with Crippen molar-refractivity contribution in [3.63, 3.8) is 0 Å². The minimum Gasteiger partial charge on any atom is -0.399 e. The van der Waals surface area contributed by atoms with Crippen molar-refractivity contribution in [2.24, 2.45) is 0 Å². The Bertz CT molecular complexity index is 469. The molecule has 0 radical (unpaired) electrons. The lowest BCUT2D eigenvalue weighted by Crippen LogP contribution is -2.19. The summed E-state index contributed by atoms with van der Waals surface area (Å²) >= 11 is 0. The third-order valence-corrected chi connectivity index (χ3v) is 2.02. The number of nitro benzene ring substituents is 1. The number of nitrogens with zero attached hydrogens (tertiary/aromatic N) is 1. The summed E-state index contributed by atoms with van der Waals surface area (Å²) in [6.45, 7) is 1.73. The number of carbonyl (C=O) groups excluding carboxylic acids is 1. The van der Waals surface area contributed by atoms with Gasteiger partial charge in [0.05, 0.1) is 10.5 Å². The molecule has 3 N–H and O–H groups in total. The van der Waals surface area contributed by atoms with Crippen LogP contribution in [0.1, 0.15) is 12.5 Å². The van der Waals surface area contributed by atoms with Crippen LogP contribution in [0.4, 0.5) is 11.4 Å². The smallest absolute Gasteiger partial charge is 0.278 e. The van der Waals surface area contributed by atoms with Gasteiger partial charge in [-0.1, -0.05) is 12.2 Å². The van der Waals surface area contributed by atoms with Crippen LogP contribution in [0.5, 0.6) is 0 Å². The van der Waals surface area contributed by atoms with Gasteiger partial charge in [-0.2, -0.15) is 0 Å². The molecule has 17 heavy (non-hydrogen) atoms. The lowest BCUT2D eigenvalue weighted by Gasteiger charge is -1.99. The zero-order chi connectivity index (χ0) is 12.8. The van der Waals surface area contributed by atoms with Crippen molar-refractivity contribution in [2.45, 2.75) is 6.92 Å². The summed E-state index contributed by atoms with van der Waals surface area (Å²) in [5, 5.41) is 13.3. The van der Waals surface area contributed by atoms with Crippen LogP contribution in [0.3, 0.4) is 0 Å². The van der Waals surface area contributed by atoms with Gasteiger partial charge in [-0.3, -0.25) is 14.9 Å². The number of nitrogens with one attached hydrogen (secondary N) is 1. The van der Waals surface area contributed by atoms with Gasteiger partial charge < -0.3 is 11.1 Å². The maximum Gasteiger partial charge on any atom is 0.278 e. The molecule has 6 heteroatoms. The van der Waals surface area contributed by atoms with Gasteiger partial charge in [-0.25, -0.2) is 0 Å². The van der Waals surface area contributed by atoms with Gasteiger partial charge in [0.1, 0.15) is 0 Å². The normalized spacial score (nSPS) is 10.4. The Morgan fingerprint density at radius 2 is 2.29 bits per heavy atom. The van der Waals surface area contributed by atoms with Crippen molar-refractivity contribution < 1.29 is 9.72 Å². The molecule has 0 fully saturated rings. The SMILES string of the molecule is CC(=O)NCC=Cc1ccc(N)cc1[N+](=O)[O-]. The zero-order valence-corrected chi connectivity index (χ0v) is 9.34. The Morgan fingerprint density at radius 3 is 2.88 bits per heavy atom. The third-order valence-electron chi connectivity index (χ3n) is 2.02. The molecule has 6 nitrogen and oxygen atoms in total. The van der Waals surface area contributed by atoms with E-state index in [9.17, 15) is 14.9 Å². The highest BCUT2D eigenvalue weighted by atomic mass is 16.6. The number of hydrogen-bond acceptors (Lipinski definition) is 4. The summed E-state index contributed by atoms with van der Waals surface area (Å²) < 4.78 is 0. The summed E-state index contributed by atoms with van der Waals surface area (Å²) in [5.74, 6) is -0.151. The van der Waals surface area contributed by atoms with Crippen LogP contribution in [0.2, 0.25) is 0 Å². The number of benzene rings is 1. The molecule has 1 aromatic rings. The average Bonchev–Trinajstić information content (AvgIpc) is 2.25. The molecule has 1 aromatic carbocycles. The van der Waals surface area contributed by atoms with Crippen molar-refractivity contribution in [3.8, 4) is 0 Å². The number of rotatable bonds is 4. The number of amides is 1. The highest BCUT2D eigenvalue weighted by molar-refractivity contribution is 5.73. The highest BCUT2D eigenvalue weighted by Gasteiger charge is 2.11. The van der Waals surface area contributed by atoms with Crippen molar-refractivity contribution in [1.82, 2.24) is 5.32 Å². The highest BCUT2D eigenvalue weighted by Crippen LogP contribution is 2.22. The van der Waals surface area contributed by atoms with E-state index in [1.807, 2.05) is 0 Å². The molecule has 0 aliphatic carbocycles. The van der Waals surface area contributed by atoms with Crippen LogP contribution >= 0.6 is 0 Å². The van der Waals surface area contributed by atoms with E-state index in [0.29, 0.717) is 17.8 Å². The van der Waals surface area contributed by atoms with Gasteiger partial charge in [0.25, 0.3) is 5.69 Å². The molecule has 0 unspecified atom stereocenters. The van der Waals surface area contributed by atoms with E-state index in [1.165, 1.54) is 13.0 Å². The fourth-order valence-electron chi connectivity index (χ4n) is 1.25. The minimum absolute atomic E-state index is 0.0518. The van der Waals surface area contributed by atoms with Gasteiger partial charge in [0, 0.05) is 25.2 Å². The molecule has 0 saturated carbocycles. The predicted octanol–water partition coefficient (Wildman–Crippen LogP) is 1.33. The molecule has 0 aromatic heterocycles. The molecule has 0 aliphatic rings. The fraction of sp³-hybridized carbons (Fsp3) is 0.182. The van der Waals surface area contributed by atoms with E-state index in [0.717, 1.165) is 0 Å². The van der Waals surface area contributed by atoms with Crippen molar-refractivity contribution >= 4 is 23.4 Å². The first-order chi connectivity index (χ1) is 8.00. The first-order valence-electron chi connectivity index (χ1n) is 4.95. The molecule has 0 saturated heterocycles. The van der Waals surface area contributed by atoms with Crippen LogP contribution in [0.25, 0.3) is 6.08 Å². The monoisotopic (exact) mass is 235 g/mol. The topological polar surface area (TPSA) is 98.3 Å². The second kappa shape index (κ2) is 5.64. The third kappa shape index (κ3) is 3.94. The van der Waals surface area contributed by atoms with Gasteiger partial charge in [-0.05, 0) is 12.1 Å². The molecule has 0 aliphatic heterocycles. The lowest BCUT2D eigenvalue weighted by atomic mass is 10.1. The van der Waals surface area contributed by atoms with Crippen LogP contribution in [0.15, 0.2) is 24.3 Å². The maximum atomic E-state index is 10.8. The molecule has 0 spiro atoms. The summed E-state index contributed by atoms with van der Waals surface area (Å²) in [5.41, 5.74) is 6.22. The molecular weight excluding hydrogens is 222 g/mol. The zero-order valence-electron chi connectivity index (χ0n) is 9.34. The number of nitro groups is 1. The molecule has 90 valence electrons. The molecule has 0 heterocycles. The van der Waals surface area contributed by atoms with Crippen LogP contribution < -0.4 is 11.1 Å². The fourth-order valence-corrected chi connectivity index (χ4v) is 1.25. The van der Waals surface area contributed by atoms with E-state index < -0.39 is 4.92 Å². The second-order valence-corrected chi connectivity index (χ2v) is 3.41. The Kier molecular flexibility index (Phi) is 4.21. The van der Waals surface area contributed by atoms with Crippen LogP contribution in [-0.2, 0) is 4.79 Å². The number of hydrogen-bond donors (Lipinski definition) is 2. The van der Waals surface area contributed by atoms with Gasteiger partial charge >= 0.3 is 0 Å². The molecule has 0 atom stereocenters. The number of carbonyl (C=O) groups is 1. The number of nitrogen functional groups attached to an aromatic ring is 1. The lowest BCUT2D eigenvalue weighted by molar-refractivity contribution is -0.385. The molecule has 1 rings (SSSR count). The first-order valence-corrected chi connectivity index (χ1v) is 4.95. The Hall–Kier alpha value is -2.37. The summed E-state index contributed by atoms with van der Waals surface area (Å²) in [6, 6.07) is 4.46. The van der Waals surface area contributed by atoms with Gasteiger partial charge in [0.15, 0.2) is 0 Å². The molecule has 0 bridgehead atoms. The van der Waals surface area contributed by atoms with E-state index in [1.54, 1.807) is 24.3 Å². The predicted molar refractivity (Wildman–Crippen MR) is 65.2 cm³/mol. The van der Waals surface area contributed by atoms with Crippen LogP contribution in [0, 0.1) is 10.1 Å². The second-order valence-electron chi connectivity index (χ2n) is 3.41. The Balaban J connectivity index is 2.83. The minimum atomic E-state index is -0.492. The number of anilines is 1. The quantitative estimate of drug-likeness (QED) is 0.467. The first kappa shape index (κ1) is 12.7. The standard InChI is InChI=1S/C11H13N3O3/c1-8(15)13-6-2-3-9-4-5-10(12)7-11(9)14(16)17/h2-5,7H,6,12H2,1H3,(H,13,15). The summed E-state index contributed by atoms with van der Waals surface area (Å²) in [4.78, 5) is 20.9. The van der Waals surface area contributed by atoms with Gasteiger partial charge in [-0.15, -0.1) is 0 Å². The maximum absolute atomic E-state index is 10.8.